The van der Waals surface area contributed by atoms with E-state index in [2.05, 4.69) is 13.8 Å². The lowest BCUT2D eigenvalue weighted by molar-refractivity contribution is -0.130. The quantitative estimate of drug-likeness (QED) is 0.741. The van der Waals surface area contributed by atoms with Crippen molar-refractivity contribution in [2.75, 3.05) is 19.6 Å². The van der Waals surface area contributed by atoms with Gasteiger partial charge in [-0.1, -0.05) is 13.8 Å². The molecule has 0 radical (unpaired) electrons. The van der Waals surface area contributed by atoms with E-state index in [1.165, 1.54) is 0 Å². The van der Waals surface area contributed by atoms with Crippen LogP contribution in [0.4, 0.5) is 0 Å². The van der Waals surface area contributed by atoms with Gasteiger partial charge < -0.3 is 10.6 Å². The zero-order valence-electron chi connectivity index (χ0n) is 9.33. The first-order valence-electron chi connectivity index (χ1n) is 5.63. The molecule has 1 saturated heterocycles. The molecule has 1 aliphatic heterocycles. The Morgan fingerprint density at radius 3 is 2.79 bits per heavy atom. The van der Waals surface area contributed by atoms with Gasteiger partial charge in [0.05, 0.1) is 0 Å². The zero-order valence-corrected chi connectivity index (χ0v) is 9.33. The fourth-order valence-electron chi connectivity index (χ4n) is 2.12. The summed E-state index contributed by atoms with van der Waals surface area (Å²) in [6, 6.07) is 0. The summed E-state index contributed by atoms with van der Waals surface area (Å²) >= 11 is 0. The summed E-state index contributed by atoms with van der Waals surface area (Å²) in [6.07, 6.45) is 2.91. The van der Waals surface area contributed by atoms with E-state index in [1.54, 1.807) is 0 Å². The molecule has 0 saturated carbocycles. The minimum Gasteiger partial charge on any atom is -0.341 e. The molecule has 1 heterocycles. The van der Waals surface area contributed by atoms with Gasteiger partial charge in [0.25, 0.3) is 0 Å². The lowest BCUT2D eigenvalue weighted by Crippen LogP contribution is -2.34. The number of carbonyl (C=O) groups is 1. The highest BCUT2D eigenvalue weighted by atomic mass is 16.2. The maximum atomic E-state index is 11.6. The van der Waals surface area contributed by atoms with E-state index < -0.39 is 0 Å². The Balaban J connectivity index is 2.49. The molecule has 1 atom stereocenters. The molecule has 1 aliphatic rings. The summed E-state index contributed by atoms with van der Waals surface area (Å²) in [5.41, 5.74) is 5.47. The predicted molar refractivity (Wildman–Crippen MR) is 57.8 cm³/mol. The second-order valence-electron chi connectivity index (χ2n) is 4.50. The van der Waals surface area contributed by atoms with E-state index >= 15 is 0 Å². The topological polar surface area (TPSA) is 46.3 Å². The van der Waals surface area contributed by atoms with Gasteiger partial charge >= 0.3 is 0 Å². The first-order chi connectivity index (χ1) is 6.65. The van der Waals surface area contributed by atoms with E-state index in [-0.39, 0.29) is 0 Å². The van der Waals surface area contributed by atoms with Gasteiger partial charge in [0, 0.05) is 26.1 Å². The maximum Gasteiger partial charge on any atom is 0.222 e. The standard InChI is InChI=1S/C11H22N2O/c1-9(2)10-3-4-11(14)13(7-5-10)8-6-12/h9-10H,3-8,12H2,1-2H3. The van der Waals surface area contributed by atoms with E-state index in [0.29, 0.717) is 30.7 Å². The smallest absolute Gasteiger partial charge is 0.222 e. The normalized spacial score (nSPS) is 24.1. The Kier molecular flexibility index (Phi) is 4.39. The monoisotopic (exact) mass is 198 g/mol. The SMILES string of the molecule is CC(C)C1CCC(=O)N(CCN)CC1. The molecule has 1 fully saturated rings. The molecule has 1 amide bonds. The molecule has 3 heteroatoms. The van der Waals surface area contributed by atoms with Crippen molar-refractivity contribution in [3.63, 3.8) is 0 Å². The van der Waals surface area contributed by atoms with Crippen molar-refractivity contribution in [2.45, 2.75) is 33.1 Å². The van der Waals surface area contributed by atoms with Crippen LogP contribution in [0.5, 0.6) is 0 Å². The number of likely N-dealkylation sites (tertiary alicyclic amines) is 1. The third kappa shape index (κ3) is 2.98. The van der Waals surface area contributed by atoms with Crippen molar-refractivity contribution < 1.29 is 4.79 Å². The average molecular weight is 198 g/mol. The molecule has 1 rings (SSSR count). The second-order valence-corrected chi connectivity index (χ2v) is 4.50. The molecule has 82 valence electrons. The molecular weight excluding hydrogens is 176 g/mol. The lowest BCUT2D eigenvalue weighted by atomic mass is 9.89. The largest absolute Gasteiger partial charge is 0.341 e. The summed E-state index contributed by atoms with van der Waals surface area (Å²) in [7, 11) is 0. The number of amides is 1. The van der Waals surface area contributed by atoms with Crippen molar-refractivity contribution in [2.24, 2.45) is 17.6 Å². The third-order valence-corrected chi connectivity index (χ3v) is 3.19. The fraction of sp³-hybridized carbons (Fsp3) is 0.909. The molecular formula is C11H22N2O. The number of hydrogen-bond acceptors (Lipinski definition) is 2. The number of carbonyl (C=O) groups excluding carboxylic acids is 1. The summed E-state index contributed by atoms with van der Waals surface area (Å²) in [6.45, 7) is 6.70. The Hall–Kier alpha value is -0.570. The molecule has 1 unspecified atom stereocenters. The minimum atomic E-state index is 0.290. The maximum absolute atomic E-state index is 11.6. The first kappa shape index (κ1) is 11.5. The van der Waals surface area contributed by atoms with Crippen LogP contribution in [0.25, 0.3) is 0 Å². The van der Waals surface area contributed by atoms with Gasteiger partial charge in [-0.15, -0.1) is 0 Å². The van der Waals surface area contributed by atoms with Crippen LogP contribution in [0.15, 0.2) is 0 Å². The van der Waals surface area contributed by atoms with Crippen molar-refractivity contribution in [3.8, 4) is 0 Å². The molecule has 0 bridgehead atoms. The highest BCUT2D eigenvalue weighted by Crippen LogP contribution is 2.24. The van der Waals surface area contributed by atoms with Gasteiger partial charge in [0.2, 0.25) is 5.91 Å². The van der Waals surface area contributed by atoms with Crippen LogP contribution >= 0.6 is 0 Å². The fourth-order valence-corrected chi connectivity index (χ4v) is 2.12. The van der Waals surface area contributed by atoms with Crippen LogP contribution in [0.1, 0.15) is 33.1 Å². The first-order valence-corrected chi connectivity index (χ1v) is 5.63. The van der Waals surface area contributed by atoms with Gasteiger partial charge in [-0.05, 0) is 24.7 Å². The third-order valence-electron chi connectivity index (χ3n) is 3.19. The van der Waals surface area contributed by atoms with Crippen molar-refractivity contribution in [1.29, 1.82) is 0 Å². The molecule has 14 heavy (non-hydrogen) atoms. The number of rotatable bonds is 3. The Bertz CT molecular complexity index is 192. The van der Waals surface area contributed by atoms with Gasteiger partial charge in [0.15, 0.2) is 0 Å². The van der Waals surface area contributed by atoms with Crippen LogP contribution in [0.2, 0.25) is 0 Å². The molecule has 0 aromatic carbocycles. The molecule has 0 aliphatic carbocycles. The zero-order chi connectivity index (χ0) is 10.6. The summed E-state index contributed by atoms with van der Waals surface area (Å²) in [5.74, 6) is 1.70. The van der Waals surface area contributed by atoms with Crippen LogP contribution in [0.3, 0.4) is 0 Å². The predicted octanol–water partition coefficient (Wildman–Crippen LogP) is 1.23. The summed E-state index contributed by atoms with van der Waals surface area (Å²) in [4.78, 5) is 13.6. The van der Waals surface area contributed by atoms with Crippen molar-refractivity contribution >= 4 is 5.91 Å². The van der Waals surface area contributed by atoms with Gasteiger partial charge in [-0.2, -0.15) is 0 Å². The Morgan fingerprint density at radius 2 is 2.21 bits per heavy atom. The van der Waals surface area contributed by atoms with Crippen LogP contribution in [0, 0.1) is 11.8 Å². The van der Waals surface area contributed by atoms with E-state index in [9.17, 15) is 4.79 Å². The highest BCUT2D eigenvalue weighted by Gasteiger charge is 2.23. The van der Waals surface area contributed by atoms with Crippen LogP contribution < -0.4 is 5.73 Å². The Morgan fingerprint density at radius 1 is 1.50 bits per heavy atom. The van der Waals surface area contributed by atoms with Crippen molar-refractivity contribution in [1.82, 2.24) is 4.90 Å². The van der Waals surface area contributed by atoms with Gasteiger partial charge in [0.1, 0.15) is 0 Å². The Labute approximate surface area is 86.6 Å². The second kappa shape index (κ2) is 5.35. The molecule has 3 nitrogen and oxygen atoms in total. The summed E-state index contributed by atoms with van der Waals surface area (Å²) < 4.78 is 0. The molecule has 0 aromatic heterocycles. The number of nitrogens with two attached hydrogens (primary N) is 1. The lowest BCUT2D eigenvalue weighted by Gasteiger charge is -2.20. The molecule has 2 N–H and O–H groups in total. The van der Waals surface area contributed by atoms with Crippen LogP contribution in [-0.4, -0.2) is 30.4 Å². The van der Waals surface area contributed by atoms with E-state index in [4.69, 9.17) is 5.73 Å². The van der Waals surface area contributed by atoms with Gasteiger partial charge in [-0.25, -0.2) is 0 Å². The minimum absolute atomic E-state index is 0.290. The number of hydrogen-bond donors (Lipinski definition) is 1. The van der Waals surface area contributed by atoms with E-state index in [0.717, 1.165) is 25.9 Å². The molecule has 0 spiro atoms. The van der Waals surface area contributed by atoms with E-state index in [1.807, 2.05) is 4.90 Å². The highest BCUT2D eigenvalue weighted by molar-refractivity contribution is 5.76. The van der Waals surface area contributed by atoms with Crippen molar-refractivity contribution in [3.05, 3.63) is 0 Å². The average Bonchev–Trinajstić information content (AvgIpc) is 2.30. The van der Waals surface area contributed by atoms with Gasteiger partial charge in [-0.3, -0.25) is 4.79 Å². The molecule has 0 aromatic rings. The summed E-state index contributed by atoms with van der Waals surface area (Å²) in [5, 5.41) is 0. The van der Waals surface area contributed by atoms with Crippen LogP contribution in [-0.2, 0) is 4.79 Å². The number of nitrogens with zero attached hydrogens (tertiary/aromatic N) is 1.